The van der Waals surface area contributed by atoms with Gasteiger partial charge in [0.25, 0.3) is 0 Å². The molecule has 0 radical (unpaired) electrons. The Morgan fingerprint density at radius 2 is 2.05 bits per heavy atom. The second-order valence-electron chi connectivity index (χ2n) is 5.67. The van der Waals surface area contributed by atoms with Crippen molar-refractivity contribution in [3.63, 3.8) is 0 Å². The molecular formula is C16H25NO3. The second-order valence-corrected chi connectivity index (χ2v) is 5.67. The van der Waals surface area contributed by atoms with Crippen molar-refractivity contribution in [1.29, 1.82) is 0 Å². The van der Waals surface area contributed by atoms with Crippen molar-refractivity contribution >= 4 is 0 Å². The van der Waals surface area contributed by atoms with Gasteiger partial charge in [0.1, 0.15) is 0 Å². The number of hydrogen-bond donors (Lipinski definition) is 1. The highest BCUT2D eigenvalue weighted by Gasteiger charge is 2.39. The summed E-state index contributed by atoms with van der Waals surface area (Å²) in [5, 5.41) is 9.13. The predicted molar refractivity (Wildman–Crippen MR) is 78.4 cm³/mol. The van der Waals surface area contributed by atoms with E-state index in [1.807, 2.05) is 37.3 Å². The summed E-state index contributed by atoms with van der Waals surface area (Å²) in [6.07, 6.45) is 0.0363. The van der Waals surface area contributed by atoms with Crippen LogP contribution in [0, 0.1) is 0 Å². The maximum atomic E-state index is 9.13. The van der Waals surface area contributed by atoms with E-state index >= 15 is 0 Å². The number of hydrogen-bond acceptors (Lipinski definition) is 4. The molecule has 0 bridgehead atoms. The number of aliphatic hydroxyl groups is 1. The van der Waals surface area contributed by atoms with Crippen LogP contribution in [0.5, 0.6) is 0 Å². The topological polar surface area (TPSA) is 41.9 Å². The highest BCUT2D eigenvalue weighted by Crippen LogP contribution is 2.33. The molecule has 112 valence electrons. The van der Waals surface area contributed by atoms with Crippen molar-refractivity contribution in [2.75, 3.05) is 26.3 Å². The van der Waals surface area contributed by atoms with Crippen molar-refractivity contribution < 1.29 is 14.6 Å². The van der Waals surface area contributed by atoms with Crippen molar-refractivity contribution in [3.05, 3.63) is 35.9 Å². The fourth-order valence-electron chi connectivity index (χ4n) is 2.57. The Hall–Kier alpha value is -0.940. The fraction of sp³-hybridized carbons (Fsp3) is 0.625. The standard InChI is InChI=1S/C16H25NO3/c1-13(2)17(9-10-18)11-15-12-19-16(3,20-15)14-7-5-4-6-8-14/h4-8,13,15,18H,9-12H2,1-3H3. The molecule has 1 aromatic rings. The van der Waals surface area contributed by atoms with Crippen molar-refractivity contribution in [1.82, 2.24) is 4.90 Å². The minimum Gasteiger partial charge on any atom is -0.395 e. The van der Waals surface area contributed by atoms with Gasteiger partial charge in [0.2, 0.25) is 0 Å². The van der Waals surface area contributed by atoms with E-state index in [2.05, 4.69) is 18.7 Å². The largest absolute Gasteiger partial charge is 0.395 e. The van der Waals surface area contributed by atoms with E-state index in [4.69, 9.17) is 14.6 Å². The van der Waals surface area contributed by atoms with Crippen LogP contribution in [0.2, 0.25) is 0 Å². The number of ether oxygens (including phenoxy) is 2. The van der Waals surface area contributed by atoms with Gasteiger partial charge in [0.05, 0.1) is 19.3 Å². The van der Waals surface area contributed by atoms with Gasteiger partial charge in [-0.3, -0.25) is 4.90 Å². The van der Waals surface area contributed by atoms with Crippen LogP contribution in [0.1, 0.15) is 26.3 Å². The highest BCUT2D eigenvalue weighted by molar-refractivity contribution is 5.20. The summed E-state index contributed by atoms with van der Waals surface area (Å²) >= 11 is 0. The van der Waals surface area contributed by atoms with Gasteiger partial charge in [-0.1, -0.05) is 30.3 Å². The lowest BCUT2D eigenvalue weighted by Gasteiger charge is -2.29. The van der Waals surface area contributed by atoms with Crippen LogP contribution in [0.25, 0.3) is 0 Å². The first-order valence-electron chi connectivity index (χ1n) is 7.27. The van der Waals surface area contributed by atoms with Gasteiger partial charge < -0.3 is 14.6 Å². The van der Waals surface area contributed by atoms with Crippen LogP contribution in [0.15, 0.2) is 30.3 Å². The maximum Gasteiger partial charge on any atom is 0.192 e. The molecule has 4 nitrogen and oxygen atoms in total. The number of rotatable bonds is 6. The molecule has 0 aromatic heterocycles. The summed E-state index contributed by atoms with van der Waals surface area (Å²) in [7, 11) is 0. The molecule has 2 unspecified atom stereocenters. The van der Waals surface area contributed by atoms with Gasteiger partial charge in [-0.25, -0.2) is 0 Å². The molecule has 1 aliphatic rings. The molecule has 0 saturated carbocycles. The van der Waals surface area contributed by atoms with Crippen LogP contribution in [0.4, 0.5) is 0 Å². The average molecular weight is 279 g/mol. The van der Waals surface area contributed by atoms with Gasteiger partial charge in [-0.15, -0.1) is 0 Å². The third kappa shape index (κ3) is 3.58. The molecule has 20 heavy (non-hydrogen) atoms. The van der Waals surface area contributed by atoms with Gasteiger partial charge in [0.15, 0.2) is 5.79 Å². The van der Waals surface area contributed by atoms with E-state index in [9.17, 15) is 0 Å². The van der Waals surface area contributed by atoms with E-state index < -0.39 is 5.79 Å². The number of aliphatic hydroxyl groups excluding tert-OH is 1. The molecule has 1 aliphatic heterocycles. The van der Waals surface area contributed by atoms with Crippen LogP contribution in [-0.4, -0.2) is 48.5 Å². The lowest BCUT2D eigenvalue weighted by molar-refractivity contribution is -0.164. The monoisotopic (exact) mass is 279 g/mol. The molecule has 0 amide bonds. The molecule has 1 N–H and O–H groups in total. The quantitative estimate of drug-likeness (QED) is 0.864. The average Bonchev–Trinajstić information content (AvgIpc) is 2.82. The number of nitrogens with zero attached hydrogens (tertiary/aromatic N) is 1. The summed E-state index contributed by atoms with van der Waals surface area (Å²) in [6.45, 7) is 8.42. The Kier molecular flexibility index (Phi) is 5.16. The van der Waals surface area contributed by atoms with E-state index in [-0.39, 0.29) is 12.7 Å². The summed E-state index contributed by atoms with van der Waals surface area (Å²) in [5.41, 5.74) is 1.04. The predicted octanol–water partition coefficient (Wildman–Crippen LogP) is 1.98. The molecule has 1 fully saturated rings. The van der Waals surface area contributed by atoms with Crippen molar-refractivity contribution in [2.45, 2.75) is 38.7 Å². The molecular weight excluding hydrogens is 254 g/mol. The highest BCUT2D eigenvalue weighted by atomic mass is 16.7. The zero-order valence-electron chi connectivity index (χ0n) is 12.6. The summed E-state index contributed by atoms with van der Waals surface area (Å²) in [5.74, 6) is -0.659. The van der Waals surface area contributed by atoms with E-state index in [0.29, 0.717) is 19.2 Å². The van der Waals surface area contributed by atoms with E-state index in [1.54, 1.807) is 0 Å². The van der Waals surface area contributed by atoms with Crippen LogP contribution in [0.3, 0.4) is 0 Å². The molecule has 1 heterocycles. The second kappa shape index (κ2) is 6.68. The van der Waals surface area contributed by atoms with Gasteiger partial charge >= 0.3 is 0 Å². The first-order valence-corrected chi connectivity index (χ1v) is 7.27. The Labute approximate surface area is 121 Å². The Morgan fingerprint density at radius 3 is 2.65 bits per heavy atom. The van der Waals surface area contributed by atoms with Gasteiger partial charge in [-0.05, 0) is 20.8 Å². The van der Waals surface area contributed by atoms with Crippen LogP contribution < -0.4 is 0 Å². The third-order valence-electron chi connectivity index (χ3n) is 3.79. The molecule has 2 atom stereocenters. The molecule has 1 aromatic carbocycles. The minimum atomic E-state index is -0.659. The zero-order valence-corrected chi connectivity index (χ0v) is 12.6. The maximum absolute atomic E-state index is 9.13. The Morgan fingerprint density at radius 1 is 1.35 bits per heavy atom. The van der Waals surface area contributed by atoms with Gasteiger partial charge in [-0.2, -0.15) is 0 Å². The number of benzene rings is 1. The summed E-state index contributed by atoms with van der Waals surface area (Å²) in [6, 6.07) is 10.4. The fourth-order valence-corrected chi connectivity index (χ4v) is 2.57. The van der Waals surface area contributed by atoms with E-state index in [1.165, 1.54) is 0 Å². The van der Waals surface area contributed by atoms with Crippen LogP contribution >= 0.6 is 0 Å². The smallest absolute Gasteiger partial charge is 0.192 e. The van der Waals surface area contributed by atoms with Crippen LogP contribution in [-0.2, 0) is 15.3 Å². The Bertz CT molecular complexity index is 409. The lowest BCUT2D eigenvalue weighted by atomic mass is 10.1. The van der Waals surface area contributed by atoms with E-state index in [0.717, 1.165) is 12.1 Å². The van der Waals surface area contributed by atoms with Crippen molar-refractivity contribution in [2.24, 2.45) is 0 Å². The molecule has 0 aliphatic carbocycles. The van der Waals surface area contributed by atoms with Crippen molar-refractivity contribution in [3.8, 4) is 0 Å². The molecule has 4 heteroatoms. The lowest BCUT2D eigenvalue weighted by Crippen LogP contribution is -2.40. The SMILES string of the molecule is CC(C)N(CCO)CC1COC(C)(c2ccccc2)O1. The first kappa shape index (κ1) is 15.4. The molecule has 0 spiro atoms. The summed E-state index contributed by atoms with van der Waals surface area (Å²) < 4.78 is 12.0. The summed E-state index contributed by atoms with van der Waals surface area (Å²) in [4.78, 5) is 2.21. The first-order chi connectivity index (χ1) is 9.55. The molecule has 2 rings (SSSR count). The normalized spacial score (nSPS) is 26.6. The van der Waals surface area contributed by atoms with Gasteiger partial charge in [0, 0.05) is 24.7 Å². The Balaban J connectivity index is 1.98. The minimum absolute atomic E-state index is 0.0363. The zero-order chi connectivity index (χ0) is 14.6. The molecule has 1 saturated heterocycles. The third-order valence-corrected chi connectivity index (χ3v) is 3.79.